The molecule has 1 aliphatic carbocycles. The zero-order chi connectivity index (χ0) is 20.9. The Morgan fingerprint density at radius 3 is 2.64 bits per heavy atom. The number of aromatic nitrogens is 1. The molecule has 1 atom stereocenters. The highest BCUT2D eigenvalue weighted by Gasteiger charge is 2.30. The summed E-state index contributed by atoms with van der Waals surface area (Å²) in [6, 6.07) is -0.904. The third-order valence-electron chi connectivity index (χ3n) is 4.00. The van der Waals surface area contributed by atoms with Gasteiger partial charge in [-0.1, -0.05) is 6.08 Å². The van der Waals surface area contributed by atoms with E-state index in [1.165, 1.54) is 7.11 Å². The van der Waals surface area contributed by atoms with E-state index in [1.54, 1.807) is 20.8 Å². The molecule has 1 heterocycles. The standard InChI is InChI=1S/C20H30N2O6/c1-12(2)26-17-16-13(9-7-8-10-15(16)28-22-17)11-14(18(23)25-6)21-19(24)27-20(3,4)5/h9,12,14H,7-8,10-11H2,1-6H3,(H,21,24)/t14-/m0/s1. The van der Waals surface area contributed by atoms with E-state index in [-0.39, 0.29) is 12.5 Å². The molecule has 0 radical (unpaired) electrons. The van der Waals surface area contributed by atoms with Crippen molar-refractivity contribution < 1.29 is 28.3 Å². The van der Waals surface area contributed by atoms with Crippen molar-refractivity contribution in [3.8, 4) is 5.88 Å². The highest BCUT2D eigenvalue weighted by molar-refractivity contribution is 5.85. The number of aryl methyl sites for hydroxylation is 1. The van der Waals surface area contributed by atoms with Gasteiger partial charge in [0, 0.05) is 12.8 Å². The minimum Gasteiger partial charge on any atom is -0.472 e. The SMILES string of the molecule is COC(=O)[C@H](CC1=CCCCc2onc(OC(C)C)c21)NC(=O)OC(C)(C)C. The number of carbonyl (C=O) groups excluding carboxylic acids is 2. The minimum absolute atomic E-state index is 0.0741. The molecule has 8 heteroatoms. The fourth-order valence-corrected chi connectivity index (χ4v) is 2.93. The molecule has 8 nitrogen and oxygen atoms in total. The summed E-state index contributed by atoms with van der Waals surface area (Å²) in [7, 11) is 1.28. The minimum atomic E-state index is -0.904. The smallest absolute Gasteiger partial charge is 0.408 e. The quantitative estimate of drug-likeness (QED) is 0.735. The number of alkyl carbamates (subject to hydrolysis) is 1. The van der Waals surface area contributed by atoms with Crippen molar-refractivity contribution in [2.24, 2.45) is 0 Å². The summed E-state index contributed by atoms with van der Waals surface area (Å²) in [5.41, 5.74) is 0.911. The van der Waals surface area contributed by atoms with Crippen molar-refractivity contribution in [3.05, 3.63) is 17.4 Å². The zero-order valence-electron chi connectivity index (χ0n) is 17.5. The van der Waals surface area contributed by atoms with Gasteiger partial charge in [0.15, 0.2) is 0 Å². The molecule has 0 spiro atoms. The van der Waals surface area contributed by atoms with Crippen LogP contribution in [0.4, 0.5) is 4.79 Å². The van der Waals surface area contributed by atoms with Gasteiger partial charge < -0.3 is 24.1 Å². The van der Waals surface area contributed by atoms with Crippen LogP contribution in [0.1, 0.15) is 65.2 Å². The highest BCUT2D eigenvalue weighted by Crippen LogP contribution is 2.36. The van der Waals surface area contributed by atoms with Gasteiger partial charge >= 0.3 is 12.1 Å². The molecular formula is C20H30N2O6. The van der Waals surface area contributed by atoms with Crippen molar-refractivity contribution in [2.75, 3.05) is 7.11 Å². The Morgan fingerprint density at radius 1 is 1.32 bits per heavy atom. The van der Waals surface area contributed by atoms with Gasteiger partial charge in [-0.25, -0.2) is 9.59 Å². The number of nitrogens with zero attached hydrogens (tertiary/aromatic N) is 1. The number of fused-ring (bicyclic) bond motifs is 1. The zero-order valence-corrected chi connectivity index (χ0v) is 17.5. The monoisotopic (exact) mass is 394 g/mol. The Labute approximate surface area is 165 Å². The first-order valence-corrected chi connectivity index (χ1v) is 9.52. The maximum absolute atomic E-state index is 12.3. The fourth-order valence-electron chi connectivity index (χ4n) is 2.93. The maximum Gasteiger partial charge on any atom is 0.408 e. The second kappa shape index (κ2) is 9.12. The van der Waals surface area contributed by atoms with E-state index in [2.05, 4.69) is 10.5 Å². The van der Waals surface area contributed by atoms with Gasteiger partial charge in [-0.2, -0.15) is 0 Å². The molecule has 1 aliphatic rings. The summed E-state index contributed by atoms with van der Waals surface area (Å²) in [6.07, 6.45) is 3.94. The highest BCUT2D eigenvalue weighted by atomic mass is 16.6. The van der Waals surface area contributed by atoms with E-state index >= 15 is 0 Å². The number of rotatable bonds is 6. The van der Waals surface area contributed by atoms with Gasteiger partial charge in [0.1, 0.15) is 17.4 Å². The molecule has 28 heavy (non-hydrogen) atoms. The van der Waals surface area contributed by atoms with Gasteiger partial charge in [-0.15, -0.1) is 0 Å². The average Bonchev–Trinajstić information content (AvgIpc) is 2.84. The number of methoxy groups -OCH3 is 1. The Balaban J connectivity index is 2.27. The fraction of sp³-hybridized carbons (Fsp3) is 0.650. The second-order valence-electron chi connectivity index (χ2n) is 8.00. The van der Waals surface area contributed by atoms with E-state index in [9.17, 15) is 9.59 Å². The number of ether oxygens (including phenoxy) is 3. The number of allylic oxidation sites excluding steroid dienone is 1. The molecule has 1 aromatic rings. The van der Waals surface area contributed by atoms with E-state index in [1.807, 2.05) is 19.9 Å². The molecule has 1 N–H and O–H groups in total. The van der Waals surface area contributed by atoms with Crippen molar-refractivity contribution in [1.29, 1.82) is 0 Å². The van der Waals surface area contributed by atoms with Gasteiger partial charge in [0.25, 0.3) is 5.88 Å². The molecule has 2 rings (SSSR count). The van der Waals surface area contributed by atoms with Gasteiger partial charge in [-0.05, 0) is 58.2 Å². The first kappa shape index (κ1) is 21.8. The van der Waals surface area contributed by atoms with Crippen LogP contribution < -0.4 is 10.1 Å². The lowest BCUT2D eigenvalue weighted by Crippen LogP contribution is -2.44. The number of carbonyl (C=O) groups is 2. The van der Waals surface area contributed by atoms with Gasteiger partial charge in [0.2, 0.25) is 0 Å². The first-order chi connectivity index (χ1) is 13.1. The number of hydrogen-bond donors (Lipinski definition) is 1. The van der Waals surface area contributed by atoms with Crippen molar-refractivity contribution in [2.45, 2.75) is 78.0 Å². The number of esters is 1. The van der Waals surface area contributed by atoms with Crippen molar-refractivity contribution in [3.63, 3.8) is 0 Å². The molecule has 0 bridgehead atoms. The van der Waals surface area contributed by atoms with Crippen LogP contribution in [0.3, 0.4) is 0 Å². The summed E-state index contributed by atoms with van der Waals surface area (Å²) in [6.45, 7) is 9.08. The van der Waals surface area contributed by atoms with E-state index in [4.69, 9.17) is 18.7 Å². The van der Waals surface area contributed by atoms with Crippen LogP contribution in [0, 0.1) is 0 Å². The Hall–Kier alpha value is -2.51. The second-order valence-corrected chi connectivity index (χ2v) is 8.00. The topological polar surface area (TPSA) is 99.9 Å². The molecule has 156 valence electrons. The largest absolute Gasteiger partial charge is 0.472 e. The summed E-state index contributed by atoms with van der Waals surface area (Å²) < 4.78 is 21.4. The number of nitrogens with one attached hydrogen (secondary N) is 1. The Kier molecular flexibility index (Phi) is 7.10. The van der Waals surface area contributed by atoms with Crippen molar-refractivity contribution >= 4 is 17.6 Å². The molecule has 1 amide bonds. The average molecular weight is 394 g/mol. The lowest BCUT2D eigenvalue weighted by Gasteiger charge is -2.23. The summed E-state index contributed by atoms with van der Waals surface area (Å²) in [4.78, 5) is 24.5. The van der Waals surface area contributed by atoms with Crippen LogP contribution >= 0.6 is 0 Å². The van der Waals surface area contributed by atoms with E-state index < -0.39 is 23.7 Å². The molecule has 0 fully saturated rings. The lowest BCUT2D eigenvalue weighted by atomic mass is 9.98. The summed E-state index contributed by atoms with van der Waals surface area (Å²) in [5.74, 6) is 0.569. The molecular weight excluding hydrogens is 364 g/mol. The van der Waals surface area contributed by atoms with Crippen LogP contribution in [0.15, 0.2) is 10.6 Å². The predicted octanol–water partition coefficient (Wildman–Crippen LogP) is 3.64. The molecule has 0 saturated heterocycles. The van der Waals surface area contributed by atoms with Crippen LogP contribution in [-0.4, -0.2) is 42.1 Å². The van der Waals surface area contributed by atoms with Gasteiger partial charge in [0.05, 0.1) is 18.8 Å². The third kappa shape index (κ3) is 6.00. The van der Waals surface area contributed by atoms with Crippen LogP contribution in [-0.2, 0) is 20.7 Å². The molecule has 0 saturated carbocycles. The van der Waals surface area contributed by atoms with Crippen LogP contribution in [0.5, 0.6) is 5.88 Å². The third-order valence-corrected chi connectivity index (χ3v) is 4.00. The molecule has 0 aromatic carbocycles. The van der Waals surface area contributed by atoms with E-state index in [0.717, 1.165) is 36.2 Å². The van der Waals surface area contributed by atoms with Crippen molar-refractivity contribution in [1.82, 2.24) is 10.5 Å². The first-order valence-electron chi connectivity index (χ1n) is 9.52. The van der Waals surface area contributed by atoms with Gasteiger partial charge in [-0.3, -0.25) is 0 Å². The summed E-state index contributed by atoms with van der Waals surface area (Å²) >= 11 is 0. The van der Waals surface area contributed by atoms with Crippen LogP contribution in [0.2, 0.25) is 0 Å². The maximum atomic E-state index is 12.3. The number of amides is 1. The molecule has 1 aromatic heterocycles. The normalized spacial score (nSPS) is 15.2. The molecule has 0 aliphatic heterocycles. The Morgan fingerprint density at radius 2 is 2.04 bits per heavy atom. The summed E-state index contributed by atoms with van der Waals surface area (Å²) in [5, 5.41) is 6.65. The molecule has 0 unspecified atom stereocenters. The van der Waals surface area contributed by atoms with E-state index in [0.29, 0.717) is 5.88 Å². The predicted molar refractivity (Wildman–Crippen MR) is 103 cm³/mol. The number of hydrogen-bond acceptors (Lipinski definition) is 7. The Bertz CT molecular complexity index is 730. The lowest BCUT2D eigenvalue weighted by molar-refractivity contribution is -0.143. The van der Waals surface area contributed by atoms with Crippen LogP contribution in [0.25, 0.3) is 5.57 Å².